The molecule has 0 spiro atoms. The Bertz CT molecular complexity index is 1080. The molecule has 0 saturated carbocycles. The number of rotatable bonds is 7. The fourth-order valence-corrected chi connectivity index (χ4v) is 4.33. The lowest BCUT2D eigenvalue weighted by Crippen LogP contribution is -2.47. The summed E-state index contributed by atoms with van der Waals surface area (Å²) < 4.78 is 42.9. The highest BCUT2D eigenvalue weighted by molar-refractivity contribution is 7.17. The van der Waals surface area contributed by atoms with Crippen LogP contribution >= 0.6 is 22.9 Å². The summed E-state index contributed by atoms with van der Waals surface area (Å²) in [6.07, 6.45) is -4.67. The summed E-state index contributed by atoms with van der Waals surface area (Å²) in [5, 5.41) is 6.89. The van der Waals surface area contributed by atoms with Gasteiger partial charge in [-0.2, -0.15) is 13.2 Å². The topological polar surface area (TPSA) is 99.8 Å². The van der Waals surface area contributed by atoms with E-state index in [1.54, 1.807) is 11.4 Å². The fraction of sp³-hybridized carbons (Fsp3) is 0.409. The molecular formula is C22H24ClF3N4O4S. The van der Waals surface area contributed by atoms with Crippen LogP contribution in [0.1, 0.15) is 17.5 Å². The molecule has 1 aromatic heterocycles. The van der Waals surface area contributed by atoms with Crippen molar-refractivity contribution in [1.82, 2.24) is 15.5 Å². The van der Waals surface area contributed by atoms with E-state index in [9.17, 15) is 27.6 Å². The van der Waals surface area contributed by atoms with Gasteiger partial charge in [0.05, 0.1) is 4.34 Å². The number of likely N-dealkylation sites (N-methyl/N-ethyl adjacent to an activating group) is 1. The van der Waals surface area contributed by atoms with Gasteiger partial charge in [-0.3, -0.25) is 9.59 Å². The fourth-order valence-electron chi connectivity index (χ4n) is 3.46. The number of carbonyl (C=O) groups excluding carboxylic acids is 3. The van der Waals surface area contributed by atoms with Crippen LogP contribution in [0, 0.1) is 0 Å². The highest BCUT2D eigenvalue weighted by Crippen LogP contribution is 2.28. The number of hydrogen-bond acceptors (Lipinski definition) is 6. The molecule has 13 heteroatoms. The van der Waals surface area contributed by atoms with E-state index in [4.69, 9.17) is 16.3 Å². The van der Waals surface area contributed by atoms with Gasteiger partial charge in [-0.1, -0.05) is 29.0 Å². The number of thiophene rings is 1. The summed E-state index contributed by atoms with van der Waals surface area (Å²) in [6, 6.07) is 7.19. The third kappa shape index (κ3) is 8.11. The van der Waals surface area contributed by atoms with Gasteiger partial charge in [-0.05, 0) is 61.7 Å². The molecule has 190 valence electrons. The second kappa shape index (κ2) is 11.7. The quantitative estimate of drug-likeness (QED) is 0.506. The van der Waals surface area contributed by atoms with E-state index in [1.807, 2.05) is 19.2 Å². The van der Waals surface area contributed by atoms with Gasteiger partial charge >= 0.3 is 18.2 Å². The van der Waals surface area contributed by atoms with E-state index in [1.165, 1.54) is 17.7 Å². The zero-order valence-corrected chi connectivity index (χ0v) is 20.3. The predicted octanol–water partition coefficient (Wildman–Crippen LogP) is 3.60. The van der Waals surface area contributed by atoms with Gasteiger partial charge in [0.25, 0.3) is 0 Å². The van der Waals surface area contributed by atoms with E-state index in [0.29, 0.717) is 10.0 Å². The summed E-state index contributed by atoms with van der Waals surface area (Å²) in [5.74, 6) is -2.80. The van der Waals surface area contributed by atoms with Gasteiger partial charge in [0.2, 0.25) is 5.91 Å². The van der Waals surface area contributed by atoms with Gasteiger partial charge in [0.1, 0.15) is 6.04 Å². The number of benzene rings is 1. The first kappa shape index (κ1) is 26.8. The second-order valence-electron chi connectivity index (χ2n) is 7.96. The van der Waals surface area contributed by atoms with Crippen LogP contribution in [-0.2, 0) is 22.4 Å². The molecule has 0 radical (unpaired) electrons. The van der Waals surface area contributed by atoms with Crippen molar-refractivity contribution in [3.8, 4) is 5.06 Å². The second-order valence-corrected chi connectivity index (χ2v) is 9.64. The Kier molecular flexibility index (Phi) is 8.98. The molecule has 0 bridgehead atoms. The lowest BCUT2D eigenvalue weighted by atomic mass is 10.0. The molecule has 0 unspecified atom stereocenters. The number of anilines is 1. The average molecular weight is 533 g/mol. The van der Waals surface area contributed by atoms with Crippen molar-refractivity contribution in [3.05, 3.63) is 45.8 Å². The Labute approximate surface area is 208 Å². The molecule has 2 heterocycles. The van der Waals surface area contributed by atoms with Gasteiger partial charge in [-0.15, -0.1) is 0 Å². The normalized spacial score (nSPS) is 14.9. The predicted molar refractivity (Wildman–Crippen MR) is 126 cm³/mol. The molecule has 1 aliphatic rings. The van der Waals surface area contributed by atoms with Crippen molar-refractivity contribution in [1.29, 1.82) is 0 Å². The average Bonchev–Trinajstić information content (AvgIpc) is 3.09. The third-order valence-electron chi connectivity index (χ3n) is 5.33. The Morgan fingerprint density at radius 1 is 1.14 bits per heavy atom. The number of nitrogens with zero attached hydrogens (tertiary/aromatic N) is 1. The maximum absolute atomic E-state index is 12.9. The lowest BCUT2D eigenvalue weighted by molar-refractivity contribution is -0.173. The molecule has 3 N–H and O–H groups in total. The smallest absolute Gasteiger partial charge is 0.399 e. The maximum atomic E-state index is 12.9. The Balaban J connectivity index is 1.67. The molecule has 35 heavy (non-hydrogen) atoms. The molecule has 3 amide bonds. The number of amides is 3. The van der Waals surface area contributed by atoms with Crippen LogP contribution in [0.3, 0.4) is 0 Å². The Morgan fingerprint density at radius 3 is 2.51 bits per heavy atom. The highest BCUT2D eigenvalue weighted by atomic mass is 35.5. The zero-order chi connectivity index (χ0) is 25.6. The van der Waals surface area contributed by atoms with Crippen molar-refractivity contribution < 1.29 is 32.3 Å². The maximum Gasteiger partial charge on any atom is 0.471 e. The monoisotopic (exact) mass is 532 g/mol. The van der Waals surface area contributed by atoms with Crippen molar-refractivity contribution in [2.45, 2.75) is 31.5 Å². The molecule has 2 aromatic rings. The number of nitrogens with one attached hydrogen (secondary N) is 3. The summed E-state index contributed by atoms with van der Waals surface area (Å²) in [6.45, 7) is 1.29. The molecule has 0 fully saturated rings. The molecule has 0 saturated heterocycles. The van der Waals surface area contributed by atoms with E-state index in [2.05, 4.69) is 15.5 Å². The zero-order valence-electron chi connectivity index (χ0n) is 18.7. The number of hydrogen-bond donors (Lipinski definition) is 3. The first-order chi connectivity index (χ1) is 16.5. The van der Waals surface area contributed by atoms with Crippen LogP contribution in [0.4, 0.5) is 23.7 Å². The van der Waals surface area contributed by atoms with Crippen LogP contribution < -0.4 is 20.7 Å². The Hall–Kier alpha value is -2.83. The summed E-state index contributed by atoms with van der Waals surface area (Å²) in [5.41, 5.74) is 2.75. The van der Waals surface area contributed by atoms with Gasteiger partial charge in [0, 0.05) is 25.3 Å². The van der Waals surface area contributed by atoms with Gasteiger partial charge < -0.3 is 25.6 Å². The minimum Gasteiger partial charge on any atom is -0.399 e. The number of carbonyl (C=O) groups is 3. The van der Waals surface area contributed by atoms with Gasteiger partial charge in [-0.25, -0.2) is 4.79 Å². The van der Waals surface area contributed by atoms with Crippen LogP contribution in [0.2, 0.25) is 4.34 Å². The molecule has 8 nitrogen and oxygen atoms in total. The largest absolute Gasteiger partial charge is 0.471 e. The van der Waals surface area contributed by atoms with Crippen LogP contribution in [0.5, 0.6) is 5.06 Å². The molecule has 3 rings (SSSR count). The van der Waals surface area contributed by atoms with Crippen molar-refractivity contribution in [2.75, 3.05) is 32.0 Å². The number of alkyl halides is 3. The van der Waals surface area contributed by atoms with Crippen molar-refractivity contribution >= 4 is 46.5 Å². The molecule has 1 aromatic carbocycles. The minimum absolute atomic E-state index is 0.174. The number of halogens is 4. The van der Waals surface area contributed by atoms with Crippen molar-refractivity contribution in [3.63, 3.8) is 0 Å². The SMILES string of the molecule is CN1CCc2ccc(NC(=O)[C@@H](CCNC(=O)C(F)(F)F)NC(=O)Oc3ccc(Cl)s3)cc2CC1. The molecule has 1 atom stereocenters. The standard InChI is InChI=1S/C22H24ClF3N4O4S/c1-30-10-7-13-2-3-15(12-14(13)8-11-30)28-19(31)16(6-9-27-20(32)22(24,25)26)29-21(33)34-18-5-4-17(23)35-18/h2-5,12,16H,6-11H2,1H3,(H,27,32)(H,28,31)(H,29,33)/t16-/m1/s1. The first-order valence-electron chi connectivity index (χ1n) is 10.7. The van der Waals surface area contributed by atoms with Crippen LogP contribution in [-0.4, -0.2) is 61.7 Å². The highest BCUT2D eigenvalue weighted by Gasteiger charge is 2.38. The van der Waals surface area contributed by atoms with Crippen LogP contribution in [0.25, 0.3) is 0 Å². The van der Waals surface area contributed by atoms with E-state index >= 15 is 0 Å². The minimum atomic E-state index is -5.06. The summed E-state index contributed by atoms with van der Waals surface area (Å²) in [4.78, 5) is 38.5. The number of ether oxygens (including phenoxy) is 1. The van der Waals surface area contributed by atoms with Crippen LogP contribution in [0.15, 0.2) is 30.3 Å². The lowest BCUT2D eigenvalue weighted by Gasteiger charge is -2.19. The van der Waals surface area contributed by atoms with E-state index in [-0.39, 0.29) is 11.5 Å². The summed E-state index contributed by atoms with van der Waals surface area (Å²) >= 11 is 6.79. The summed E-state index contributed by atoms with van der Waals surface area (Å²) in [7, 11) is 2.03. The van der Waals surface area contributed by atoms with Crippen molar-refractivity contribution in [2.24, 2.45) is 0 Å². The van der Waals surface area contributed by atoms with E-state index in [0.717, 1.165) is 42.8 Å². The molecular weight excluding hydrogens is 509 g/mol. The Morgan fingerprint density at radius 2 is 1.86 bits per heavy atom. The molecule has 1 aliphatic heterocycles. The third-order valence-corrected chi connectivity index (χ3v) is 6.44. The van der Waals surface area contributed by atoms with E-state index < -0.39 is 36.7 Å². The molecule has 0 aliphatic carbocycles. The first-order valence-corrected chi connectivity index (χ1v) is 11.9. The number of fused-ring (bicyclic) bond motifs is 1. The van der Waals surface area contributed by atoms with Gasteiger partial charge in [0.15, 0.2) is 5.06 Å².